The van der Waals surface area contributed by atoms with E-state index in [1.807, 2.05) is 18.2 Å². The molecule has 1 aliphatic rings. The van der Waals surface area contributed by atoms with Gasteiger partial charge in [0.1, 0.15) is 0 Å². The Morgan fingerprint density at radius 2 is 2.00 bits per heavy atom. The predicted molar refractivity (Wildman–Crippen MR) is 80.1 cm³/mol. The molecule has 2 nitrogen and oxygen atoms in total. The van der Waals surface area contributed by atoms with E-state index in [4.69, 9.17) is 17.3 Å². The molecule has 3 N–H and O–H groups in total. The maximum atomic E-state index is 6.01. The van der Waals surface area contributed by atoms with Crippen LogP contribution >= 0.6 is 11.6 Å². The fourth-order valence-electron chi connectivity index (χ4n) is 3.00. The van der Waals surface area contributed by atoms with E-state index in [0.717, 1.165) is 23.2 Å². The fourth-order valence-corrected chi connectivity index (χ4v) is 3.18. The highest BCUT2D eigenvalue weighted by molar-refractivity contribution is 6.31. The molecular formula is C15H23ClN2. The topological polar surface area (TPSA) is 38.0 Å². The number of rotatable bonds is 3. The van der Waals surface area contributed by atoms with Crippen molar-refractivity contribution in [3.63, 3.8) is 0 Å². The summed E-state index contributed by atoms with van der Waals surface area (Å²) in [7, 11) is 0. The van der Waals surface area contributed by atoms with Gasteiger partial charge in [-0.3, -0.25) is 0 Å². The third kappa shape index (κ3) is 3.11. The van der Waals surface area contributed by atoms with Gasteiger partial charge < -0.3 is 11.1 Å². The zero-order chi connectivity index (χ0) is 13.1. The normalized spacial score (nSPS) is 24.2. The van der Waals surface area contributed by atoms with Crippen molar-refractivity contribution < 1.29 is 0 Å². The molecule has 0 aliphatic heterocycles. The summed E-state index contributed by atoms with van der Waals surface area (Å²) in [5.74, 6) is 1.46. The Kier molecular flexibility index (Phi) is 4.39. The lowest BCUT2D eigenvalue weighted by Crippen LogP contribution is -2.35. The first kappa shape index (κ1) is 13.5. The van der Waals surface area contributed by atoms with Crippen molar-refractivity contribution in [1.82, 2.24) is 0 Å². The van der Waals surface area contributed by atoms with Crippen LogP contribution < -0.4 is 11.1 Å². The van der Waals surface area contributed by atoms with Crippen molar-refractivity contribution in [3.05, 3.63) is 23.2 Å². The van der Waals surface area contributed by atoms with Gasteiger partial charge in [-0.15, -0.1) is 0 Å². The van der Waals surface area contributed by atoms with Gasteiger partial charge in [0, 0.05) is 11.1 Å². The maximum absolute atomic E-state index is 6.01. The van der Waals surface area contributed by atoms with Crippen molar-refractivity contribution in [3.8, 4) is 0 Å². The van der Waals surface area contributed by atoms with Crippen LogP contribution in [0.2, 0.25) is 5.02 Å². The minimum atomic E-state index is 0.544. The molecule has 1 aliphatic carbocycles. The molecular weight excluding hydrogens is 244 g/mol. The first-order chi connectivity index (χ1) is 8.58. The van der Waals surface area contributed by atoms with Crippen molar-refractivity contribution in [2.45, 2.75) is 45.6 Å². The first-order valence-electron chi connectivity index (χ1n) is 6.89. The van der Waals surface area contributed by atoms with Gasteiger partial charge in [-0.1, -0.05) is 38.3 Å². The molecule has 0 aromatic heterocycles. The van der Waals surface area contributed by atoms with E-state index < -0.39 is 0 Å². The Hall–Kier alpha value is -0.890. The summed E-state index contributed by atoms with van der Waals surface area (Å²) >= 11 is 5.93. The molecule has 1 saturated carbocycles. The largest absolute Gasteiger partial charge is 0.397 e. The number of anilines is 2. The van der Waals surface area contributed by atoms with Crippen molar-refractivity contribution in [1.29, 1.82) is 0 Å². The molecule has 0 spiro atoms. The number of benzene rings is 1. The molecule has 1 fully saturated rings. The SMILES string of the molecule is CC(C)C1CCCCC1Nc1ccc(Cl)cc1N. The molecule has 0 heterocycles. The van der Waals surface area contributed by atoms with E-state index in [2.05, 4.69) is 19.2 Å². The summed E-state index contributed by atoms with van der Waals surface area (Å²) < 4.78 is 0. The van der Waals surface area contributed by atoms with Gasteiger partial charge in [-0.2, -0.15) is 0 Å². The van der Waals surface area contributed by atoms with E-state index in [9.17, 15) is 0 Å². The molecule has 2 rings (SSSR count). The van der Waals surface area contributed by atoms with Gasteiger partial charge in [0.2, 0.25) is 0 Å². The number of nitrogens with one attached hydrogen (secondary N) is 1. The minimum Gasteiger partial charge on any atom is -0.397 e. The maximum Gasteiger partial charge on any atom is 0.0577 e. The lowest BCUT2D eigenvalue weighted by atomic mass is 9.78. The van der Waals surface area contributed by atoms with E-state index in [-0.39, 0.29) is 0 Å². The number of halogens is 1. The van der Waals surface area contributed by atoms with E-state index >= 15 is 0 Å². The second kappa shape index (κ2) is 5.83. The second-order valence-corrected chi connectivity index (χ2v) is 6.11. The Morgan fingerprint density at radius 1 is 1.28 bits per heavy atom. The van der Waals surface area contributed by atoms with E-state index in [0.29, 0.717) is 11.1 Å². The van der Waals surface area contributed by atoms with Gasteiger partial charge in [-0.25, -0.2) is 0 Å². The lowest BCUT2D eigenvalue weighted by Gasteiger charge is -2.35. The Morgan fingerprint density at radius 3 is 2.67 bits per heavy atom. The molecule has 2 unspecified atom stereocenters. The van der Waals surface area contributed by atoms with E-state index in [1.54, 1.807) is 0 Å². The van der Waals surface area contributed by atoms with Crippen LogP contribution in [0.1, 0.15) is 39.5 Å². The van der Waals surface area contributed by atoms with Gasteiger partial charge in [0.05, 0.1) is 11.4 Å². The van der Waals surface area contributed by atoms with Crippen molar-refractivity contribution in [2.24, 2.45) is 11.8 Å². The quantitative estimate of drug-likeness (QED) is 0.788. The summed E-state index contributed by atoms with van der Waals surface area (Å²) in [5.41, 5.74) is 7.78. The molecule has 100 valence electrons. The molecule has 1 aromatic carbocycles. The Labute approximate surface area is 115 Å². The molecule has 1 aromatic rings. The number of hydrogen-bond donors (Lipinski definition) is 2. The summed E-state index contributed by atoms with van der Waals surface area (Å²) in [5, 5.41) is 4.32. The molecule has 0 radical (unpaired) electrons. The minimum absolute atomic E-state index is 0.544. The van der Waals surface area contributed by atoms with Crippen LogP contribution in [0.25, 0.3) is 0 Å². The number of nitrogens with two attached hydrogens (primary N) is 1. The molecule has 0 amide bonds. The molecule has 3 heteroatoms. The standard InChI is InChI=1S/C15H23ClN2/c1-10(2)12-5-3-4-6-14(12)18-15-8-7-11(16)9-13(15)17/h7-10,12,14,18H,3-6,17H2,1-2H3. The van der Waals surface area contributed by atoms with Gasteiger partial charge in [0.25, 0.3) is 0 Å². The second-order valence-electron chi connectivity index (χ2n) is 5.67. The van der Waals surface area contributed by atoms with E-state index in [1.165, 1.54) is 25.7 Å². The zero-order valence-electron chi connectivity index (χ0n) is 11.2. The van der Waals surface area contributed by atoms with Crippen LogP contribution in [-0.2, 0) is 0 Å². The first-order valence-corrected chi connectivity index (χ1v) is 7.27. The van der Waals surface area contributed by atoms with Gasteiger partial charge in [0.15, 0.2) is 0 Å². The smallest absolute Gasteiger partial charge is 0.0577 e. The lowest BCUT2D eigenvalue weighted by molar-refractivity contribution is 0.254. The van der Waals surface area contributed by atoms with Crippen LogP contribution in [0.4, 0.5) is 11.4 Å². The summed E-state index contributed by atoms with van der Waals surface area (Å²) in [6, 6.07) is 6.25. The van der Waals surface area contributed by atoms with Crippen LogP contribution in [0, 0.1) is 11.8 Å². The third-order valence-electron chi connectivity index (χ3n) is 4.03. The summed E-state index contributed by atoms with van der Waals surface area (Å²) in [4.78, 5) is 0. The highest BCUT2D eigenvalue weighted by atomic mass is 35.5. The van der Waals surface area contributed by atoms with Crippen LogP contribution in [0.15, 0.2) is 18.2 Å². The van der Waals surface area contributed by atoms with Crippen molar-refractivity contribution in [2.75, 3.05) is 11.1 Å². The Bertz CT molecular complexity index is 403. The Balaban J connectivity index is 2.11. The fraction of sp³-hybridized carbons (Fsp3) is 0.600. The van der Waals surface area contributed by atoms with Crippen LogP contribution in [0.3, 0.4) is 0 Å². The zero-order valence-corrected chi connectivity index (χ0v) is 12.0. The number of nitrogen functional groups attached to an aromatic ring is 1. The molecule has 2 atom stereocenters. The molecule has 18 heavy (non-hydrogen) atoms. The average molecular weight is 267 g/mol. The van der Waals surface area contributed by atoms with Crippen LogP contribution in [-0.4, -0.2) is 6.04 Å². The van der Waals surface area contributed by atoms with Gasteiger partial charge in [-0.05, 0) is 42.9 Å². The van der Waals surface area contributed by atoms with Gasteiger partial charge >= 0.3 is 0 Å². The average Bonchev–Trinajstić information content (AvgIpc) is 2.33. The summed E-state index contributed by atoms with van der Waals surface area (Å²) in [6.45, 7) is 4.63. The highest BCUT2D eigenvalue weighted by Crippen LogP contribution is 2.34. The monoisotopic (exact) mass is 266 g/mol. The summed E-state index contributed by atoms with van der Waals surface area (Å²) in [6.07, 6.45) is 5.24. The molecule has 0 bridgehead atoms. The highest BCUT2D eigenvalue weighted by Gasteiger charge is 2.27. The van der Waals surface area contributed by atoms with Crippen molar-refractivity contribution >= 4 is 23.0 Å². The molecule has 0 saturated heterocycles. The third-order valence-corrected chi connectivity index (χ3v) is 4.27. The van der Waals surface area contributed by atoms with Crippen LogP contribution in [0.5, 0.6) is 0 Å². The number of hydrogen-bond acceptors (Lipinski definition) is 2. The predicted octanol–water partition coefficient (Wildman–Crippen LogP) is 4.55.